The zero-order valence-corrected chi connectivity index (χ0v) is 16.7. The SMILES string of the molecule is O=C(/C=C/c1ccc(F)c(Cl)c1)N(Cc1nnc(-c2ccc(Cl)cc2)o1)C1CC1. The minimum atomic E-state index is -0.498. The molecule has 1 aliphatic rings. The summed E-state index contributed by atoms with van der Waals surface area (Å²) in [5, 5.41) is 8.75. The standard InChI is InChI=1S/C21H16Cl2FN3O2/c22-15-5-3-14(4-6-15)21-26-25-19(29-21)12-27(16-7-8-16)20(28)10-2-13-1-9-18(24)17(23)11-13/h1-6,9-11,16H,7-8,12H2/b10-2+. The summed E-state index contributed by atoms with van der Waals surface area (Å²) in [7, 11) is 0. The van der Waals surface area contributed by atoms with Crippen LogP contribution >= 0.6 is 23.2 Å². The lowest BCUT2D eigenvalue weighted by Gasteiger charge is -2.18. The lowest BCUT2D eigenvalue weighted by molar-refractivity contribution is -0.127. The van der Waals surface area contributed by atoms with Crippen molar-refractivity contribution in [3.63, 3.8) is 0 Å². The third-order valence-corrected chi connectivity index (χ3v) is 5.04. The zero-order valence-electron chi connectivity index (χ0n) is 15.2. The quantitative estimate of drug-likeness (QED) is 0.491. The third-order valence-electron chi connectivity index (χ3n) is 4.50. The van der Waals surface area contributed by atoms with Crippen LogP contribution in [-0.4, -0.2) is 27.0 Å². The van der Waals surface area contributed by atoms with E-state index in [2.05, 4.69) is 10.2 Å². The maximum Gasteiger partial charge on any atom is 0.247 e. The molecule has 0 spiro atoms. The number of amides is 1. The normalized spacial score (nSPS) is 13.8. The fraction of sp³-hybridized carbons (Fsp3) is 0.190. The van der Waals surface area contributed by atoms with Gasteiger partial charge in [-0.15, -0.1) is 10.2 Å². The number of hydrogen-bond donors (Lipinski definition) is 0. The summed E-state index contributed by atoms with van der Waals surface area (Å²) < 4.78 is 19.0. The van der Waals surface area contributed by atoms with E-state index in [0.717, 1.165) is 18.4 Å². The molecule has 0 aliphatic heterocycles. The van der Waals surface area contributed by atoms with Gasteiger partial charge < -0.3 is 9.32 Å². The molecule has 8 heteroatoms. The van der Waals surface area contributed by atoms with E-state index in [-0.39, 0.29) is 23.5 Å². The number of hydrogen-bond acceptors (Lipinski definition) is 4. The number of aromatic nitrogens is 2. The van der Waals surface area contributed by atoms with Gasteiger partial charge in [0.15, 0.2) is 0 Å². The van der Waals surface area contributed by atoms with Gasteiger partial charge in [0.05, 0.1) is 11.6 Å². The molecule has 148 valence electrons. The minimum absolute atomic E-state index is 0.0132. The second-order valence-corrected chi connectivity index (χ2v) is 7.56. The highest BCUT2D eigenvalue weighted by atomic mass is 35.5. The molecule has 1 fully saturated rings. The van der Waals surface area contributed by atoms with Crippen molar-refractivity contribution in [1.29, 1.82) is 0 Å². The molecule has 1 saturated carbocycles. The van der Waals surface area contributed by atoms with Crippen LogP contribution < -0.4 is 0 Å². The van der Waals surface area contributed by atoms with E-state index < -0.39 is 5.82 Å². The molecule has 1 aliphatic carbocycles. The first-order valence-electron chi connectivity index (χ1n) is 9.01. The smallest absolute Gasteiger partial charge is 0.247 e. The van der Waals surface area contributed by atoms with Crippen molar-refractivity contribution in [3.8, 4) is 11.5 Å². The summed E-state index contributed by atoms with van der Waals surface area (Å²) in [6.45, 7) is 0.221. The van der Waals surface area contributed by atoms with Gasteiger partial charge in [-0.1, -0.05) is 29.3 Å². The molecule has 29 heavy (non-hydrogen) atoms. The summed E-state index contributed by atoms with van der Waals surface area (Å²) >= 11 is 11.7. The molecule has 1 heterocycles. The maximum absolute atomic E-state index is 13.3. The van der Waals surface area contributed by atoms with E-state index in [9.17, 15) is 9.18 Å². The van der Waals surface area contributed by atoms with Crippen LogP contribution in [0.25, 0.3) is 17.5 Å². The van der Waals surface area contributed by atoms with Crippen LogP contribution in [-0.2, 0) is 11.3 Å². The highest BCUT2D eigenvalue weighted by Gasteiger charge is 2.32. The summed E-state index contributed by atoms with van der Waals surface area (Å²) in [6, 6.07) is 11.5. The molecule has 0 N–H and O–H groups in total. The van der Waals surface area contributed by atoms with Gasteiger partial charge in [0, 0.05) is 22.7 Å². The van der Waals surface area contributed by atoms with Crippen molar-refractivity contribution >= 4 is 35.2 Å². The third kappa shape index (κ3) is 4.83. The van der Waals surface area contributed by atoms with Crippen molar-refractivity contribution in [1.82, 2.24) is 15.1 Å². The Morgan fingerprint density at radius 3 is 2.62 bits per heavy atom. The van der Waals surface area contributed by atoms with Crippen molar-refractivity contribution < 1.29 is 13.6 Å². The largest absolute Gasteiger partial charge is 0.419 e. The first-order chi connectivity index (χ1) is 14.0. The summed E-state index contributed by atoms with van der Waals surface area (Å²) in [4.78, 5) is 14.4. The van der Waals surface area contributed by atoms with Crippen LogP contribution in [0.15, 0.2) is 53.0 Å². The topological polar surface area (TPSA) is 59.2 Å². The Labute approximate surface area is 176 Å². The average molecular weight is 432 g/mol. The van der Waals surface area contributed by atoms with E-state index in [1.807, 2.05) is 0 Å². The van der Waals surface area contributed by atoms with E-state index in [1.54, 1.807) is 41.3 Å². The average Bonchev–Trinajstić information content (AvgIpc) is 3.45. The van der Waals surface area contributed by atoms with Crippen LogP contribution in [0.1, 0.15) is 24.3 Å². The van der Waals surface area contributed by atoms with Crippen LogP contribution in [0, 0.1) is 5.82 Å². The number of halogens is 3. The van der Waals surface area contributed by atoms with Crippen LogP contribution in [0.5, 0.6) is 0 Å². The molecule has 0 atom stereocenters. The Morgan fingerprint density at radius 1 is 1.17 bits per heavy atom. The number of rotatable bonds is 6. The summed E-state index contributed by atoms with van der Waals surface area (Å²) in [5.74, 6) is 0.0478. The highest BCUT2D eigenvalue weighted by Crippen LogP contribution is 2.29. The van der Waals surface area contributed by atoms with Crippen LogP contribution in [0.3, 0.4) is 0 Å². The van der Waals surface area contributed by atoms with Gasteiger partial charge in [-0.3, -0.25) is 4.79 Å². The molecule has 2 aromatic carbocycles. The molecule has 4 rings (SSSR count). The molecule has 0 radical (unpaired) electrons. The first kappa shape index (κ1) is 19.6. The number of nitrogens with zero attached hydrogens (tertiary/aromatic N) is 3. The van der Waals surface area contributed by atoms with Crippen LogP contribution in [0.2, 0.25) is 10.0 Å². The second-order valence-electron chi connectivity index (χ2n) is 6.71. The van der Waals surface area contributed by atoms with Gasteiger partial charge in [0.25, 0.3) is 0 Å². The minimum Gasteiger partial charge on any atom is -0.419 e. The van der Waals surface area contributed by atoms with Gasteiger partial charge in [0.2, 0.25) is 17.7 Å². The van der Waals surface area contributed by atoms with E-state index in [1.165, 1.54) is 18.2 Å². The van der Waals surface area contributed by atoms with E-state index in [0.29, 0.717) is 22.4 Å². The molecular formula is C21H16Cl2FN3O2. The van der Waals surface area contributed by atoms with Crippen molar-refractivity contribution in [2.45, 2.75) is 25.4 Å². The first-order valence-corrected chi connectivity index (χ1v) is 9.77. The maximum atomic E-state index is 13.3. The Morgan fingerprint density at radius 2 is 1.93 bits per heavy atom. The molecule has 0 saturated heterocycles. The fourth-order valence-corrected chi connectivity index (χ4v) is 3.14. The van der Waals surface area contributed by atoms with Crippen LogP contribution in [0.4, 0.5) is 4.39 Å². The van der Waals surface area contributed by atoms with Gasteiger partial charge >= 0.3 is 0 Å². The number of carbonyl (C=O) groups is 1. The number of carbonyl (C=O) groups excluding carboxylic acids is 1. The molecule has 1 amide bonds. The molecular weight excluding hydrogens is 416 g/mol. The lowest BCUT2D eigenvalue weighted by Crippen LogP contribution is -2.31. The highest BCUT2D eigenvalue weighted by molar-refractivity contribution is 6.31. The van der Waals surface area contributed by atoms with E-state index >= 15 is 0 Å². The Bertz CT molecular complexity index is 1060. The lowest BCUT2D eigenvalue weighted by atomic mass is 10.2. The molecule has 0 bridgehead atoms. The van der Waals surface area contributed by atoms with Gasteiger partial charge in [-0.25, -0.2) is 4.39 Å². The predicted octanol–water partition coefficient (Wildman–Crippen LogP) is 5.39. The Hall–Kier alpha value is -2.70. The Kier molecular flexibility index (Phi) is 5.65. The van der Waals surface area contributed by atoms with Gasteiger partial charge in [-0.05, 0) is 60.9 Å². The monoisotopic (exact) mass is 431 g/mol. The predicted molar refractivity (Wildman–Crippen MR) is 109 cm³/mol. The number of benzene rings is 2. The molecule has 5 nitrogen and oxygen atoms in total. The molecule has 1 aromatic heterocycles. The summed E-state index contributed by atoms with van der Waals surface area (Å²) in [6.07, 6.45) is 4.91. The molecule has 3 aromatic rings. The Balaban J connectivity index is 1.47. The van der Waals surface area contributed by atoms with Crippen molar-refractivity contribution in [2.75, 3.05) is 0 Å². The van der Waals surface area contributed by atoms with Gasteiger partial charge in [0.1, 0.15) is 5.82 Å². The van der Waals surface area contributed by atoms with Gasteiger partial charge in [-0.2, -0.15) is 0 Å². The van der Waals surface area contributed by atoms with Crippen molar-refractivity contribution in [2.24, 2.45) is 0 Å². The summed E-state index contributed by atoms with van der Waals surface area (Å²) in [5.41, 5.74) is 1.40. The molecule has 0 unspecified atom stereocenters. The zero-order chi connectivity index (χ0) is 20.4. The fourth-order valence-electron chi connectivity index (χ4n) is 2.82. The second kappa shape index (κ2) is 8.35. The van der Waals surface area contributed by atoms with Crippen molar-refractivity contribution in [3.05, 3.63) is 75.9 Å². The van der Waals surface area contributed by atoms with E-state index in [4.69, 9.17) is 27.6 Å².